The number of anilines is 1. The molecule has 0 aromatic heterocycles. The van der Waals surface area contributed by atoms with Gasteiger partial charge in [0.2, 0.25) is 5.91 Å². The van der Waals surface area contributed by atoms with Crippen molar-refractivity contribution in [2.45, 2.75) is 25.9 Å². The van der Waals surface area contributed by atoms with E-state index in [0.29, 0.717) is 6.54 Å². The lowest BCUT2D eigenvalue weighted by Crippen LogP contribution is -2.33. The highest BCUT2D eigenvalue weighted by Crippen LogP contribution is 2.13. The normalized spacial score (nSPS) is 18.8. The summed E-state index contributed by atoms with van der Waals surface area (Å²) in [6.45, 7) is 3.91. The third kappa shape index (κ3) is 3.82. The molecule has 1 heterocycles. The van der Waals surface area contributed by atoms with Crippen molar-refractivity contribution in [2.75, 3.05) is 25.0 Å². The van der Waals surface area contributed by atoms with Gasteiger partial charge in [-0.05, 0) is 31.4 Å². The molecular weight excluding hydrogens is 228 g/mol. The maximum Gasteiger partial charge on any atom is 0.238 e. The molecule has 98 valence electrons. The number of nitrogens with one attached hydrogen (secondary N) is 2. The molecule has 2 N–H and O–H groups in total. The molecule has 1 aromatic carbocycles. The van der Waals surface area contributed by atoms with E-state index < -0.39 is 0 Å². The molecule has 1 aromatic rings. The fourth-order valence-corrected chi connectivity index (χ4v) is 2.06. The SMILES string of the molecule is Cc1ccccc1NC(=O)CNC[C@H]1CCCO1. The fourth-order valence-electron chi connectivity index (χ4n) is 2.06. The lowest BCUT2D eigenvalue weighted by Gasteiger charge is -2.11. The largest absolute Gasteiger partial charge is 0.377 e. The van der Waals surface area contributed by atoms with Gasteiger partial charge in [-0.1, -0.05) is 18.2 Å². The van der Waals surface area contributed by atoms with Crippen LogP contribution in [0.4, 0.5) is 5.69 Å². The van der Waals surface area contributed by atoms with Crippen LogP contribution >= 0.6 is 0 Å². The minimum Gasteiger partial charge on any atom is -0.377 e. The zero-order valence-corrected chi connectivity index (χ0v) is 10.7. The minimum atomic E-state index is -0.0118. The Kier molecular flexibility index (Phi) is 4.73. The number of carbonyl (C=O) groups is 1. The molecule has 0 bridgehead atoms. The topological polar surface area (TPSA) is 50.4 Å². The Bertz CT molecular complexity index is 401. The Morgan fingerprint density at radius 1 is 1.44 bits per heavy atom. The average molecular weight is 248 g/mol. The van der Waals surface area contributed by atoms with E-state index in [9.17, 15) is 4.79 Å². The molecule has 0 radical (unpaired) electrons. The number of para-hydroxylation sites is 1. The van der Waals surface area contributed by atoms with Crippen molar-refractivity contribution in [3.8, 4) is 0 Å². The summed E-state index contributed by atoms with van der Waals surface area (Å²) in [5, 5.41) is 6.02. The van der Waals surface area contributed by atoms with Crippen LogP contribution in [0.5, 0.6) is 0 Å². The highest BCUT2D eigenvalue weighted by atomic mass is 16.5. The summed E-state index contributed by atoms with van der Waals surface area (Å²) >= 11 is 0. The highest BCUT2D eigenvalue weighted by Gasteiger charge is 2.15. The first-order valence-corrected chi connectivity index (χ1v) is 6.43. The van der Waals surface area contributed by atoms with Gasteiger partial charge in [0, 0.05) is 18.8 Å². The Labute approximate surface area is 108 Å². The summed E-state index contributed by atoms with van der Waals surface area (Å²) in [5.41, 5.74) is 1.95. The second-order valence-corrected chi connectivity index (χ2v) is 4.63. The predicted molar refractivity (Wildman–Crippen MR) is 71.7 cm³/mol. The first-order valence-electron chi connectivity index (χ1n) is 6.43. The quantitative estimate of drug-likeness (QED) is 0.834. The van der Waals surface area contributed by atoms with Crippen LogP contribution in [0, 0.1) is 6.92 Å². The van der Waals surface area contributed by atoms with E-state index in [4.69, 9.17) is 4.74 Å². The maximum absolute atomic E-state index is 11.7. The summed E-state index contributed by atoms with van der Waals surface area (Å²) in [4.78, 5) is 11.7. The van der Waals surface area contributed by atoms with Gasteiger partial charge in [-0.25, -0.2) is 0 Å². The summed E-state index contributed by atoms with van der Waals surface area (Å²) in [7, 11) is 0. The molecule has 1 amide bonds. The van der Waals surface area contributed by atoms with E-state index in [1.165, 1.54) is 0 Å². The van der Waals surface area contributed by atoms with Crippen LogP contribution in [0.25, 0.3) is 0 Å². The number of amides is 1. The number of hydrogen-bond donors (Lipinski definition) is 2. The molecule has 1 aliphatic rings. The van der Waals surface area contributed by atoms with E-state index >= 15 is 0 Å². The van der Waals surface area contributed by atoms with Gasteiger partial charge in [-0.3, -0.25) is 4.79 Å². The standard InChI is InChI=1S/C14H20N2O2/c1-11-5-2-3-7-13(11)16-14(17)10-15-9-12-6-4-8-18-12/h2-3,5,7,12,15H,4,6,8-10H2,1H3,(H,16,17)/t12-/m1/s1. The van der Waals surface area contributed by atoms with Gasteiger partial charge in [0.15, 0.2) is 0 Å². The summed E-state index contributed by atoms with van der Waals surface area (Å²) < 4.78 is 5.48. The van der Waals surface area contributed by atoms with Crippen LogP contribution in [-0.4, -0.2) is 31.7 Å². The molecule has 4 heteroatoms. The minimum absolute atomic E-state index is 0.0118. The van der Waals surface area contributed by atoms with E-state index in [2.05, 4.69) is 10.6 Å². The van der Waals surface area contributed by atoms with E-state index in [1.54, 1.807) is 0 Å². The molecule has 18 heavy (non-hydrogen) atoms. The fraction of sp³-hybridized carbons (Fsp3) is 0.500. The molecule has 0 spiro atoms. The van der Waals surface area contributed by atoms with E-state index in [1.807, 2.05) is 31.2 Å². The van der Waals surface area contributed by atoms with Crippen LogP contribution in [0.1, 0.15) is 18.4 Å². The van der Waals surface area contributed by atoms with Crippen molar-refractivity contribution in [1.82, 2.24) is 5.32 Å². The van der Waals surface area contributed by atoms with Crippen molar-refractivity contribution in [3.05, 3.63) is 29.8 Å². The van der Waals surface area contributed by atoms with Gasteiger partial charge >= 0.3 is 0 Å². The first-order chi connectivity index (χ1) is 8.75. The molecule has 1 aliphatic heterocycles. The van der Waals surface area contributed by atoms with Gasteiger partial charge in [-0.15, -0.1) is 0 Å². The molecule has 1 saturated heterocycles. The number of benzene rings is 1. The number of ether oxygens (including phenoxy) is 1. The molecule has 2 rings (SSSR count). The Morgan fingerprint density at radius 3 is 3.00 bits per heavy atom. The van der Waals surface area contributed by atoms with Crippen LogP contribution in [0.2, 0.25) is 0 Å². The second-order valence-electron chi connectivity index (χ2n) is 4.63. The van der Waals surface area contributed by atoms with Crippen molar-refractivity contribution in [3.63, 3.8) is 0 Å². The van der Waals surface area contributed by atoms with Gasteiger partial charge in [0.05, 0.1) is 12.6 Å². The zero-order chi connectivity index (χ0) is 12.8. The number of carbonyl (C=O) groups excluding carboxylic acids is 1. The Morgan fingerprint density at radius 2 is 2.28 bits per heavy atom. The van der Waals surface area contributed by atoms with Crippen molar-refractivity contribution in [1.29, 1.82) is 0 Å². The lowest BCUT2D eigenvalue weighted by atomic mass is 10.2. The third-order valence-corrected chi connectivity index (χ3v) is 3.10. The predicted octanol–water partition coefficient (Wildman–Crippen LogP) is 1.70. The van der Waals surface area contributed by atoms with E-state index in [-0.39, 0.29) is 12.0 Å². The maximum atomic E-state index is 11.7. The molecule has 0 unspecified atom stereocenters. The molecule has 0 aliphatic carbocycles. The van der Waals surface area contributed by atoms with Gasteiger partial charge < -0.3 is 15.4 Å². The molecule has 1 atom stereocenters. The van der Waals surface area contributed by atoms with Crippen LogP contribution in [0.15, 0.2) is 24.3 Å². The molecular formula is C14H20N2O2. The lowest BCUT2D eigenvalue weighted by molar-refractivity contribution is -0.115. The molecule has 4 nitrogen and oxygen atoms in total. The second kappa shape index (κ2) is 6.52. The summed E-state index contributed by atoms with van der Waals surface area (Å²) in [6, 6.07) is 7.77. The van der Waals surface area contributed by atoms with Crippen LogP contribution < -0.4 is 10.6 Å². The summed E-state index contributed by atoms with van der Waals surface area (Å²) in [6.07, 6.45) is 2.49. The number of rotatable bonds is 5. The van der Waals surface area contributed by atoms with Gasteiger partial charge in [0.1, 0.15) is 0 Å². The van der Waals surface area contributed by atoms with Gasteiger partial charge in [0.25, 0.3) is 0 Å². The molecule has 0 saturated carbocycles. The first kappa shape index (κ1) is 13.1. The van der Waals surface area contributed by atoms with Crippen molar-refractivity contribution in [2.24, 2.45) is 0 Å². The van der Waals surface area contributed by atoms with Crippen LogP contribution in [0.3, 0.4) is 0 Å². The van der Waals surface area contributed by atoms with Gasteiger partial charge in [-0.2, -0.15) is 0 Å². The third-order valence-electron chi connectivity index (χ3n) is 3.10. The highest BCUT2D eigenvalue weighted by molar-refractivity contribution is 5.92. The smallest absolute Gasteiger partial charge is 0.238 e. The zero-order valence-electron chi connectivity index (χ0n) is 10.7. The summed E-state index contributed by atoms with van der Waals surface area (Å²) in [5.74, 6) is -0.0118. The van der Waals surface area contributed by atoms with E-state index in [0.717, 1.165) is 37.2 Å². The number of hydrogen-bond acceptors (Lipinski definition) is 3. The Hall–Kier alpha value is -1.39. The van der Waals surface area contributed by atoms with Crippen molar-refractivity contribution < 1.29 is 9.53 Å². The average Bonchev–Trinajstić information content (AvgIpc) is 2.85. The number of aryl methyl sites for hydroxylation is 1. The Balaban J connectivity index is 1.70. The van der Waals surface area contributed by atoms with Crippen molar-refractivity contribution >= 4 is 11.6 Å². The molecule has 1 fully saturated rings. The monoisotopic (exact) mass is 248 g/mol. The van der Waals surface area contributed by atoms with Crippen LogP contribution in [-0.2, 0) is 9.53 Å².